The number of rotatable bonds is 3. The van der Waals surface area contributed by atoms with Crippen LogP contribution in [0.4, 0.5) is 8.78 Å². The maximum atomic E-state index is 12.0. The summed E-state index contributed by atoms with van der Waals surface area (Å²) in [5.74, 6) is 0.159. The minimum Gasteiger partial charge on any atom is -0.435 e. The van der Waals surface area contributed by atoms with Gasteiger partial charge in [-0.05, 0) is 17.7 Å². The second kappa shape index (κ2) is 4.35. The van der Waals surface area contributed by atoms with Crippen molar-refractivity contribution < 1.29 is 13.5 Å². The van der Waals surface area contributed by atoms with E-state index in [1.807, 2.05) is 6.07 Å². The Hall–Kier alpha value is -1.49. The SMILES string of the molecule is FC(F)Oc1cccc(C2N=CCN2)c1. The number of benzene rings is 1. The monoisotopic (exact) mass is 212 g/mol. The van der Waals surface area contributed by atoms with Crippen molar-refractivity contribution in [3.8, 4) is 5.75 Å². The van der Waals surface area contributed by atoms with Gasteiger partial charge in [0.15, 0.2) is 0 Å². The van der Waals surface area contributed by atoms with E-state index in [-0.39, 0.29) is 11.9 Å². The molecule has 0 saturated heterocycles. The molecule has 0 amide bonds. The maximum absolute atomic E-state index is 12.0. The summed E-state index contributed by atoms with van der Waals surface area (Å²) in [4.78, 5) is 4.15. The lowest BCUT2D eigenvalue weighted by Gasteiger charge is -2.10. The van der Waals surface area contributed by atoms with Crippen LogP contribution in [-0.4, -0.2) is 19.4 Å². The van der Waals surface area contributed by atoms with Crippen molar-refractivity contribution in [2.24, 2.45) is 4.99 Å². The van der Waals surface area contributed by atoms with Gasteiger partial charge in [0.05, 0.1) is 0 Å². The first-order valence-corrected chi connectivity index (χ1v) is 4.55. The smallest absolute Gasteiger partial charge is 0.387 e. The Bertz CT molecular complexity index is 368. The highest BCUT2D eigenvalue weighted by Crippen LogP contribution is 2.22. The van der Waals surface area contributed by atoms with Crippen molar-refractivity contribution in [3.05, 3.63) is 29.8 Å². The molecule has 1 N–H and O–H groups in total. The van der Waals surface area contributed by atoms with Crippen molar-refractivity contribution in [1.82, 2.24) is 5.32 Å². The number of ether oxygens (including phenoxy) is 1. The quantitative estimate of drug-likeness (QED) is 0.830. The van der Waals surface area contributed by atoms with Crippen LogP contribution in [0.5, 0.6) is 5.75 Å². The van der Waals surface area contributed by atoms with Crippen LogP contribution in [0.2, 0.25) is 0 Å². The lowest BCUT2D eigenvalue weighted by atomic mass is 10.2. The zero-order valence-corrected chi connectivity index (χ0v) is 7.86. The van der Waals surface area contributed by atoms with Gasteiger partial charge in [-0.1, -0.05) is 12.1 Å². The number of hydrogen-bond donors (Lipinski definition) is 1. The molecule has 0 aromatic heterocycles. The minimum absolute atomic E-state index is 0.147. The predicted octanol–water partition coefficient (Wildman–Crippen LogP) is 1.96. The fraction of sp³-hybridized carbons (Fsp3) is 0.300. The highest BCUT2D eigenvalue weighted by molar-refractivity contribution is 5.62. The number of halogens is 2. The molecular formula is C10H10F2N2O. The molecule has 0 radical (unpaired) electrons. The summed E-state index contributed by atoms with van der Waals surface area (Å²) in [6, 6.07) is 6.54. The Balaban J connectivity index is 2.14. The normalized spacial score (nSPS) is 19.8. The van der Waals surface area contributed by atoms with Crippen LogP contribution in [-0.2, 0) is 0 Å². The van der Waals surface area contributed by atoms with E-state index < -0.39 is 6.61 Å². The van der Waals surface area contributed by atoms with Gasteiger partial charge >= 0.3 is 6.61 Å². The summed E-state index contributed by atoms with van der Waals surface area (Å²) in [6.07, 6.45) is 1.61. The van der Waals surface area contributed by atoms with Crippen LogP contribution in [0.3, 0.4) is 0 Å². The predicted molar refractivity (Wildman–Crippen MR) is 52.3 cm³/mol. The molecule has 80 valence electrons. The molecule has 1 heterocycles. The van der Waals surface area contributed by atoms with Gasteiger partial charge in [0.25, 0.3) is 0 Å². The fourth-order valence-corrected chi connectivity index (χ4v) is 1.44. The van der Waals surface area contributed by atoms with Crippen molar-refractivity contribution >= 4 is 6.21 Å². The highest BCUT2D eigenvalue weighted by atomic mass is 19.3. The van der Waals surface area contributed by atoms with Gasteiger partial charge in [0.1, 0.15) is 11.9 Å². The zero-order chi connectivity index (χ0) is 10.7. The summed E-state index contributed by atoms with van der Waals surface area (Å²) in [7, 11) is 0. The lowest BCUT2D eigenvalue weighted by Crippen LogP contribution is -2.14. The average molecular weight is 212 g/mol. The molecule has 1 aromatic rings. The van der Waals surface area contributed by atoms with Crippen LogP contribution in [0, 0.1) is 0 Å². The van der Waals surface area contributed by atoms with Gasteiger partial charge in [-0.25, -0.2) is 0 Å². The molecule has 0 spiro atoms. The van der Waals surface area contributed by atoms with Crippen LogP contribution >= 0.6 is 0 Å². The number of aliphatic imine (C=N–C) groups is 1. The number of nitrogens with one attached hydrogen (secondary N) is 1. The summed E-state index contributed by atoms with van der Waals surface area (Å²) in [5.41, 5.74) is 0.821. The first kappa shape index (κ1) is 10.0. The number of hydrogen-bond acceptors (Lipinski definition) is 3. The second-order valence-corrected chi connectivity index (χ2v) is 3.09. The van der Waals surface area contributed by atoms with Crippen LogP contribution in [0.25, 0.3) is 0 Å². The molecule has 5 heteroatoms. The number of alkyl halides is 2. The summed E-state index contributed by atoms with van der Waals surface area (Å²) in [5, 5.41) is 3.09. The first-order valence-electron chi connectivity index (χ1n) is 4.55. The van der Waals surface area contributed by atoms with Crippen LogP contribution in [0.15, 0.2) is 29.3 Å². The molecule has 2 rings (SSSR count). The van der Waals surface area contributed by atoms with Crippen molar-refractivity contribution in [1.29, 1.82) is 0 Å². The Morgan fingerprint density at radius 3 is 3.00 bits per heavy atom. The third-order valence-corrected chi connectivity index (χ3v) is 2.06. The topological polar surface area (TPSA) is 33.6 Å². The molecule has 3 nitrogen and oxygen atoms in total. The van der Waals surface area contributed by atoms with Gasteiger partial charge in [-0.15, -0.1) is 0 Å². The summed E-state index contributed by atoms with van der Waals surface area (Å²) >= 11 is 0. The molecular weight excluding hydrogens is 202 g/mol. The summed E-state index contributed by atoms with van der Waals surface area (Å²) in [6.45, 7) is -2.09. The molecule has 0 aliphatic carbocycles. The third kappa shape index (κ3) is 2.50. The molecule has 1 aromatic carbocycles. The van der Waals surface area contributed by atoms with E-state index in [1.165, 1.54) is 6.07 Å². The zero-order valence-electron chi connectivity index (χ0n) is 7.86. The molecule has 1 atom stereocenters. The molecule has 15 heavy (non-hydrogen) atoms. The molecule has 1 unspecified atom stereocenters. The molecule has 0 bridgehead atoms. The average Bonchev–Trinajstić information content (AvgIpc) is 2.69. The molecule has 0 saturated carbocycles. The number of nitrogens with zero attached hydrogens (tertiary/aromatic N) is 1. The van der Waals surface area contributed by atoms with Gasteiger partial charge in [0.2, 0.25) is 0 Å². The van der Waals surface area contributed by atoms with Gasteiger partial charge in [-0.3, -0.25) is 10.3 Å². The minimum atomic E-state index is -2.79. The van der Waals surface area contributed by atoms with E-state index in [1.54, 1.807) is 18.3 Å². The fourth-order valence-electron chi connectivity index (χ4n) is 1.44. The van der Waals surface area contributed by atoms with Crippen molar-refractivity contribution in [3.63, 3.8) is 0 Å². The van der Waals surface area contributed by atoms with Crippen molar-refractivity contribution in [2.45, 2.75) is 12.8 Å². The maximum Gasteiger partial charge on any atom is 0.387 e. The van der Waals surface area contributed by atoms with Gasteiger partial charge in [-0.2, -0.15) is 8.78 Å². The highest BCUT2D eigenvalue weighted by Gasteiger charge is 2.13. The van der Waals surface area contributed by atoms with E-state index in [4.69, 9.17) is 0 Å². The van der Waals surface area contributed by atoms with Gasteiger partial charge < -0.3 is 4.74 Å². The third-order valence-electron chi connectivity index (χ3n) is 2.06. The Morgan fingerprint density at radius 2 is 2.33 bits per heavy atom. The van der Waals surface area contributed by atoms with E-state index >= 15 is 0 Å². The van der Waals surface area contributed by atoms with Gasteiger partial charge in [0, 0.05) is 12.8 Å². The molecule has 1 aliphatic heterocycles. The molecule has 1 aliphatic rings. The largest absolute Gasteiger partial charge is 0.435 e. The van der Waals surface area contributed by atoms with E-state index in [9.17, 15) is 8.78 Å². The van der Waals surface area contributed by atoms with E-state index in [2.05, 4.69) is 15.0 Å². The Morgan fingerprint density at radius 1 is 1.47 bits per heavy atom. The van der Waals surface area contributed by atoms with Crippen LogP contribution < -0.4 is 10.1 Å². The van der Waals surface area contributed by atoms with Crippen LogP contribution in [0.1, 0.15) is 11.7 Å². The second-order valence-electron chi connectivity index (χ2n) is 3.09. The van der Waals surface area contributed by atoms with E-state index in [0.29, 0.717) is 6.54 Å². The molecule has 0 fully saturated rings. The van der Waals surface area contributed by atoms with E-state index in [0.717, 1.165) is 5.56 Å². The summed E-state index contributed by atoms with van der Waals surface area (Å²) < 4.78 is 28.2. The van der Waals surface area contributed by atoms with Crippen molar-refractivity contribution in [2.75, 3.05) is 6.54 Å². The first-order chi connectivity index (χ1) is 7.25. The standard InChI is InChI=1S/C10H10F2N2O/c11-10(12)15-8-3-1-2-7(6-8)9-13-4-5-14-9/h1-4,6,9-10,14H,5H2. The Labute approximate surface area is 85.8 Å². The Kier molecular flexibility index (Phi) is 2.91. The lowest BCUT2D eigenvalue weighted by molar-refractivity contribution is -0.0499.